The Bertz CT molecular complexity index is 536. The molecular formula is C16H26N4O2. The van der Waals surface area contributed by atoms with Gasteiger partial charge in [-0.05, 0) is 36.8 Å². The van der Waals surface area contributed by atoms with Crippen LogP contribution >= 0.6 is 0 Å². The van der Waals surface area contributed by atoms with Crippen molar-refractivity contribution in [3.05, 3.63) is 23.7 Å². The molecule has 1 atom stereocenters. The highest BCUT2D eigenvalue weighted by atomic mass is 16.3. The lowest BCUT2D eigenvalue weighted by molar-refractivity contribution is 0.0972. The molecule has 1 aromatic rings. The van der Waals surface area contributed by atoms with Crippen LogP contribution in [0.15, 0.2) is 21.5 Å². The smallest absolute Gasteiger partial charge is 0.284 e. The molecule has 1 aliphatic heterocycles. The summed E-state index contributed by atoms with van der Waals surface area (Å²) in [6.45, 7) is 7.10. The second kappa shape index (κ2) is 7.33. The molecule has 1 fully saturated rings. The van der Waals surface area contributed by atoms with Crippen molar-refractivity contribution in [2.24, 2.45) is 22.6 Å². The van der Waals surface area contributed by atoms with E-state index in [1.165, 1.54) is 12.8 Å². The van der Waals surface area contributed by atoms with E-state index in [9.17, 15) is 4.79 Å². The molecule has 0 radical (unpaired) electrons. The van der Waals surface area contributed by atoms with Gasteiger partial charge >= 0.3 is 0 Å². The Kier molecular flexibility index (Phi) is 5.46. The molecule has 6 heteroatoms. The van der Waals surface area contributed by atoms with Gasteiger partial charge in [-0.1, -0.05) is 13.8 Å². The van der Waals surface area contributed by atoms with Crippen molar-refractivity contribution in [2.75, 3.05) is 20.1 Å². The molecule has 122 valence electrons. The molecule has 0 aromatic carbocycles. The van der Waals surface area contributed by atoms with Crippen molar-refractivity contribution in [1.29, 1.82) is 0 Å². The molecule has 0 spiro atoms. The van der Waals surface area contributed by atoms with E-state index in [1.54, 1.807) is 19.2 Å². The number of rotatable bonds is 5. The highest BCUT2D eigenvalue weighted by Gasteiger charge is 2.25. The normalized spacial score (nSPS) is 19.0. The van der Waals surface area contributed by atoms with Crippen LogP contribution in [-0.4, -0.2) is 36.9 Å². The Balaban J connectivity index is 1.86. The molecule has 1 unspecified atom stereocenters. The van der Waals surface area contributed by atoms with Crippen LogP contribution in [0.2, 0.25) is 0 Å². The van der Waals surface area contributed by atoms with E-state index in [1.807, 2.05) is 0 Å². The zero-order valence-electron chi connectivity index (χ0n) is 13.6. The van der Waals surface area contributed by atoms with E-state index in [2.05, 4.69) is 29.1 Å². The zero-order chi connectivity index (χ0) is 16.1. The van der Waals surface area contributed by atoms with Gasteiger partial charge in [-0.25, -0.2) is 0 Å². The highest BCUT2D eigenvalue weighted by Crippen LogP contribution is 2.23. The minimum atomic E-state index is -0.549. The molecule has 0 aliphatic carbocycles. The average molecular weight is 306 g/mol. The zero-order valence-corrected chi connectivity index (χ0v) is 13.6. The number of furan rings is 1. The third kappa shape index (κ3) is 4.26. The van der Waals surface area contributed by atoms with E-state index in [0.717, 1.165) is 30.9 Å². The van der Waals surface area contributed by atoms with Crippen molar-refractivity contribution in [1.82, 2.24) is 10.2 Å². The third-order valence-corrected chi connectivity index (χ3v) is 3.93. The first-order valence-corrected chi connectivity index (χ1v) is 7.83. The van der Waals surface area contributed by atoms with Crippen molar-refractivity contribution in [2.45, 2.75) is 33.2 Å². The van der Waals surface area contributed by atoms with Gasteiger partial charge in [0.15, 0.2) is 11.7 Å². The number of primary amides is 1. The molecule has 2 rings (SSSR count). The summed E-state index contributed by atoms with van der Waals surface area (Å²) in [5.74, 6) is 2.66. The van der Waals surface area contributed by atoms with Crippen LogP contribution < -0.4 is 11.1 Å². The number of nitrogens with two attached hydrogens (primary N) is 1. The number of hydrogen-bond acceptors (Lipinski definition) is 3. The fourth-order valence-electron chi connectivity index (χ4n) is 2.99. The minimum Gasteiger partial charge on any atom is -0.454 e. The monoisotopic (exact) mass is 306 g/mol. The average Bonchev–Trinajstić information content (AvgIpc) is 3.08. The minimum absolute atomic E-state index is 0.185. The first-order valence-electron chi connectivity index (χ1n) is 7.83. The fourth-order valence-corrected chi connectivity index (χ4v) is 2.99. The Morgan fingerprint density at radius 3 is 2.91 bits per heavy atom. The number of likely N-dealkylation sites (tertiary alicyclic amines) is 1. The number of guanidine groups is 1. The summed E-state index contributed by atoms with van der Waals surface area (Å²) in [5, 5.41) is 3.28. The number of nitrogens with zero attached hydrogens (tertiary/aromatic N) is 2. The van der Waals surface area contributed by atoms with Crippen LogP contribution in [0.5, 0.6) is 0 Å². The SMILES string of the molecule is CN=C(NCc1ccc(C(N)=O)o1)N1CCC(CC(C)C)C1. The van der Waals surface area contributed by atoms with E-state index in [4.69, 9.17) is 10.2 Å². The third-order valence-electron chi connectivity index (χ3n) is 3.93. The molecule has 1 aromatic heterocycles. The van der Waals surface area contributed by atoms with Gasteiger partial charge in [0, 0.05) is 20.1 Å². The van der Waals surface area contributed by atoms with Crippen LogP contribution in [-0.2, 0) is 6.54 Å². The van der Waals surface area contributed by atoms with Crippen LogP contribution in [0.25, 0.3) is 0 Å². The Morgan fingerprint density at radius 1 is 1.55 bits per heavy atom. The predicted molar refractivity (Wildman–Crippen MR) is 86.6 cm³/mol. The van der Waals surface area contributed by atoms with E-state index < -0.39 is 5.91 Å². The molecule has 3 N–H and O–H groups in total. The van der Waals surface area contributed by atoms with Gasteiger partial charge in [-0.15, -0.1) is 0 Å². The maximum Gasteiger partial charge on any atom is 0.284 e. The lowest BCUT2D eigenvalue weighted by Gasteiger charge is -2.21. The number of hydrogen-bond donors (Lipinski definition) is 2. The first-order chi connectivity index (χ1) is 10.5. The topological polar surface area (TPSA) is 83.9 Å². The number of amides is 1. The Labute approximate surface area is 131 Å². The molecule has 6 nitrogen and oxygen atoms in total. The van der Waals surface area contributed by atoms with Crippen molar-refractivity contribution in [3.63, 3.8) is 0 Å². The molecule has 0 bridgehead atoms. The van der Waals surface area contributed by atoms with Crippen molar-refractivity contribution >= 4 is 11.9 Å². The summed E-state index contributed by atoms with van der Waals surface area (Å²) in [6, 6.07) is 3.35. The quantitative estimate of drug-likeness (QED) is 0.642. The number of carbonyl (C=O) groups excluding carboxylic acids is 1. The standard InChI is InChI=1S/C16H26N4O2/c1-11(2)8-12-6-7-20(10-12)16(18-3)19-9-13-4-5-14(22-13)15(17)21/h4-5,11-12H,6-10H2,1-3H3,(H2,17,21)(H,18,19). The lowest BCUT2D eigenvalue weighted by Crippen LogP contribution is -2.39. The number of nitrogens with one attached hydrogen (secondary N) is 1. The summed E-state index contributed by atoms with van der Waals surface area (Å²) >= 11 is 0. The van der Waals surface area contributed by atoms with Gasteiger partial charge in [0.2, 0.25) is 0 Å². The molecule has 2 heterocycles. The molecule has 22 heavy (non-hydrogen) atoms. The first kappa shape index (κ1) is 16.4. The van der Waals surface area contributed by atoms with E-state index in [0.29, 0.717) is 12.3 Å². The lowest BCUT2D eigenvalue weighted by atomic mass is 9.97. The molecule has 1 saturated heterocycles. The van der Waals surface area contributed by atoms with Crippen molar-refractivity contribution in [3.8, 4) is 0 Å². The maximum absolute atomic E-state index is 11.0. The summed E-state index contributed by atoms with van der Waals surface area (Å²) < 4.78 is 5.37. The van der Waals surface area contributed by atoms with E-state index >= 15 is 0 Å². The molecule has 1 amide bonds. The summed E-state index contributed by atoms with van der Waals surface area (Å²) in [5.41, 5.74) is 5.18. The van der Waals surface area contributed by atoms with Gasteiger partial charge in [0.25, 0.3) is 5.91 Å². The van der Waals surface area contributed by atoms with E-state index in [-0.39, 0.29) is 5.76 Å². The van der Waals surface area contributed by atoms with Crippen LogP contribution in [0, 0.1) is 11.8 Å². The second-order valence-electron chi connectivity index (χ2n) is 6.26. The highest BCUT2D eigenvalue weighted by molar-refractivity contribution is 5.89. The van der Waals surface area contributed by atoms with Gasteiger partial charge in [0.1, 0.15) is 5.76 Å². The molecule has 0 saturated carbocycles. The summed E-state index contributed by atoms with van der Waals surface area (Å²) in [6.07, 6.45) is 2.47. The van der Waals surface area contributed by atoms with Crippen LogP contribution in [0.4, 0.5) is 0 Å². The predicted octanol–water partition coefficient (Wildman–Crippen LogP) is 1.82. The largest absolute Gasteiger partial charge is 0.454 e. The second-order valence-corrected chi connectivity index (χ2v) is 6.26. The van der Waals surface area contributed by atoms with Gasteiger partial charge in [0.05, 0.1) is 6.54 Å². The Morgan fingerprint density at radius 2 is 2.32 bits per heavy atom. The molecular weight excluding hydrogens is 280 g/mol. The summed E-state index contributed by atoms with van der Waals surface area (Å²) in [4.78, 5) is 17.6. The number of aliphatic imine (C=N–C) groups is 1. The maximum atomic E-state index is 11.0. The van der Waals surface area contributed by atoms with Gasteiger partial charge in [-0.2, -0.15) is 0 Å². The Hall–Kier alpha value is -1.98. The fraction of sp³-hybridized carbons (Fsp3) is 0.625. The van der Waals surface area contributed by atoms with Gasteiger partial charge in [-0.3, -0.25) is 9.79 Å². The molecule has 1 aliphatic rings. The summed E-state index contributed by atoms with van der Waals surface area (Å²) in [7, 11) is 1.79. The van der Waals surface area contributed by atoms with Gasteiger partial charge < -0.3 is 20.4 Å². The van der Waals surface area contributed by atoms with Crippen molar-refractivity contribution < 1.29 is 9.21 Å². The van der Waals surface area contributed by atoms with Crippen LogP contribution in [0.3, 0.4) is 0 Å². The van der Waals surface area contributed by atoms with Crippen LogP contribution in [0.1, 0.15) is 43.0 Å². The number of carbonyl (C=O) groups is 1.